The molecule has 1 heteroatoms. The van der Waals surface area contributed by atoms with Crippen LogP contribution >= 0.6 is 0 Å². The third-order valence-corrected chi connectivity index (χ3v) is 3.82. The van der Waals surface area contributed by atoms with Gasteiger partial charge in [-0.05, 0) is 48.4 Å². The van der Waals surface area contributed by atoms with Gasteiger partial charge in [0.1, 0.15) is 0 Å². The second-order valence-corrected chi connectivity index (χ2v) is 5.39. The Bertz CT molecular complexity index is 514. The highest BCUT2D eigenvalue weighted by Gasteiger charge is 2.25. The van der Waals surface area contributed by atoms with Crippen LogP contribution in [0.3, 0.4) is 0 Å². The molecule has 0 spiro atoms. The van der Waals surface area contributed by atoms with E-state index in [2.05, 4.69) is 59.9 Å². The molecule has 1 saturated carbocycles. The number of rotatable bonds is 6. The van der Waals surface area contributed by atoms with Crippen LogP contribution in [0.2, 0.25) is 0 Å². The summed E-state index contributed by atoms with van der Waals surface area (Å²) in [5.41, 5.74) is 4.46. The fraction of sp³-hybridized carbons (Fsp3) is 0.333. The summed E-state index contributed by atoms with van der Waals surface area (Å²) < 4.78 is 0. The van der Waals surface area contributed by atoms with Crippen LogP contribution in [0.4, 0.5) is 0 Å². The lowest BCUT2D eigenvalue weighted by Gasteiger charge is -2.10. The maximum atomic E-state index is 3.57. The van der Waals surface area contributed by atoms with E-state index in [9.17, 15) is 0 Å². The normalized spacial score (nSPS) is 14.5. The van der Waals surface area contributed by atoms with Gasteiger partial charge < -0.3 is 5.32 Å². The minimum Gasteiger partial charge on any atom is -0.312 e. The van der Waals surface area contributed by atoms with E-state index < -0.39 is 0 Å². The fourth-order valence-electron chi connectivity index (χ4n) is 2.59. The summed E-state index contributed by atoms with van der Waals surface area (Å²) in [5, 5.41) is 3.57. The van der Waals surface area contributed by atoms with Crippen molar-refractivity contribution in [1.29, 1.82) is 0 Å². The zero-order valence-electron chi connectivity index (χ0n) is 11.3. The molecular weight excluding hydrogens is 230 g/mol. The van der Waals surface area contributed by atoms with E-state index in [0.717, 1.165) is 25.4 Å². The first kappa shape index (κ1) is 12.4. The van der Waals surface area contributed by atoms with E-state index in [0.29, 0.717) is 0 Å². The van der Waals surface area contributed by atoms with Gasteiger partial charge in [-0.2, -0.15) is 0 Å². The molecule has 0 bridgehead atoms. The maximum absolute atomic E-state index is 3.57. The predicted molar refractivity (Wildman–Crippen MR) is 80.3 cm³/mol. The molecule has 1 aliphatic carbocycles. The second kappa shape index (κ2) is 6.03. The number of nitrogens with one attached hydrogen (secondary N) is 1. The van der Waals surface area contributed by atoms with Crippen molar-refractivity contribution in [2.75, 3.05) is 6.54 Å². The summed E-state index contributed by atoms with van der Waals surface area (Å²) in [7, 11) is 0. The topological polar surface area (TPSA) is 12.0 Å². The van der Waals surface area contributed by atoms with E-state index in [1.807, 2.05) is 0 Å². The Morgan fingerprint density at radius 1 is 0.895 bits per heavy atom. The van der Waals surface area contributed by atoms with E-state index >= 15 is 0 Å². The summed E-state index contributed by atoms with van der Waals surface area (Å²) >= 11 is 0. The van der Waals surface area contributed by atoms with Gasteiger partial charge in [0.15, 0.2) is 0 Å². The number of hydrogen-bond donors (Lipinski definition) is 1. The lowest BCUT2D eigenvalue weighted by atomic mass is 10.0. The first-order chi connectivity index (χ1) is 9.43. The van der Waals surface area contributed by atoms with E-state index in [-0.39, 0.29) is 0 Å². The van der Waals surface area contributed by atoms with Crippen LogP contribution in [0.5, 0.6) is 0 Å². The first-order valence-corrected chi connectivity index (χ1v) is 7.26. The summed E-state index contributed by atoms with van der Waals surface area (Å²) in [6.45, 7) is 2.04. The highest BCUT2D eigenvalue weighted by molar-refractivity contribution is 5.33. The molecule has 2 aromatic rings. The lowest BCUT2D eigenvalue weighted by molar-refractivity contribution is 0.682. The van der Waals surface area contributed by atoms with Crippen molar-refractivity contribution in [2.24, 2.45) is 0 Å². The molecule has 0 atom stereocenters. The van der Waals surface area contributed by atoms with Gasteiger partial charge in [-0.15, -0.1) is 0 Å². The van der Waals surface area contributed by atoms with Crippen LogP contribution in [-0.4, -0.2) is 6.54 Å². The molecule has 0 saturated heterocycles. The van der Waals surface area contributed by atoms with Crippen molar-refractivity contribution in [1.82, 2.24) is 5.32 Å². The Labute approximate surface area is 115 Å². The van der Waals surface area contributed by atoms with Gasteiger partial charge in [-0.3, -0.25) is 0 Å². The third kappa shape index (κ3) is 3.45. The van der Waals surface area contributed by atoms with Gasteiger partial charge in [0.2, 0.25) is 0 Å². The Kier molecular flexibility index (Phi) is 3.95. The standard InChI is InChI=1S/C18H21N/c1-2-6-15(7-3-1)12-13-19-14-17-8-4-5-9-18(17)16-10-11-16/h1-9,16,19H,10-14H2. The van der Waals surface area contributed by atoms with Gasteiger partial charge in [-0.25, -0.2) is 0 Å². The Morgan fingerprint density at radius 2 is 1.63 bits per heavy atom. The van der Waals surface area contributed by atoms with Gasteiger partial charge in [0, 0.05) is 6.54 Å². The molecule has 3 rings (SSSR count). The smallest absolute Gasteiger partial charge is 0.0208 e. The van der Waals surface area contributed by atoms with Gasteiger partial charge >= 0.3 is 0 Å². The lowest BCUT2D eigenvalue weighted by Crippen LogP contribution is -2.17. The van der Waals surface area contributed by atoms with E-state index in [4.69, 9.17) is 0 Å². The third-order valence-electron chi connectivity index (χ3n) is 3.82. The summed E-state index contributed by atoms with van der Waals surface area (Å²) in [4.78, 5) is 0. The molecule has 19 heavy (non-hydrogen) atoms. The van der Waals surface area contributed by atoms with Crippen molar-refractivity contribution in [3.05, 3.63) is 71.3 Å². The quantitative estimate of drug-likeness (QED) is 0.768. The summed E-state index contributed by atoms with van der Waals surface area (Å²) in [5.74, 6) is 0.840. The monoisotopic (exact) mass is 251 g/mol. The fourth-order valence-corrected chi connectivity index (χ4v) is 2.59. The molecule has 2 aromatic carbocycles. The average molecular weight is 251 g/mol. The van der Waals surface area contributed by atoms with Crippen molar-refractivity contribution in [3.63, 3.8) is 0 Å². The molecule has 1 fully saturated rings. The number of hydrogen-bond acceptors (Lipinski definition) is 1. The maximum Gasteiger partial charge on any atom is 0.0208 e. The van der Waals surface area contributed by atoms with E-state index in [1.165, 1.54) is 24.0 Å². The van der Waals surface area contributed by atoms with Gasteiger partial charge in [-0.1, -0.05) is 54.6 Å². The number of benzene rings is 2. The van der Waals surface area contributed by atoms with Gasteiger partial charge in [0.05, 0.1) is 0 Å². The molecule has 0 aromatic heterocycles. The average Bonchev–Trinajstić information content (AvgIpc) is 3.30. The Balaban J connectivity index is 1.50. The molecule has 0 radical (unpaired) electrons. The largest absolute Gasteiger partial charge is 0.312 e. The molecule has 1 aliphatic rings. The molecule has 1 N–H and O–H groups in total. The minimum absolute atomic E-state index is 0.840. The first-order valence-electron chi connectivity index (χ1n) is 7.26. The van der Waals surface area contributed by atoms with Crippen LogP contribution in [0.15, 0.2) is 54.6 Å². The van der Waals surface area contributed by atoms with Crippen LogP contribution in [0, 0.1) is 0 Å². The van der Waals surface area contributed by atoms with Crippen LogP contribution in [0.25, 0.3) is 0 Å². The molecule has 1 nitrogen and oxygen atoms in total. The van der Waals surface area contributed by atoms with Crippen molar-refractivity contribution >= 4 is 0 Å². The zero-order chi connectivity index (χ0) is 12.9. The SMILES string of the molecule is c1ccc(CCNCc2ccccc2C2CC2)cc1. The van der Waals surface area contributed by atoms with Crippen molar-refractivity contribution in [3.8, 4) is 0 Å². The van der Waals surface area contributed by atoms with Crippen molar-refractivity contribution in [2.45, 2.75) is 31.7 Å². The summed E-state index contributed by atoms with van der Waals surface area (Å²) in [6, 6.07) is 19.6. The van der Waals surface area contributed by atoms with E-state index in [1.54, 1.807) is 5.56 Å². The minimum atomic E-state index is 0.840. The highest BCUT2D eigenvalue weighted by atomic mass is 14.8. The highest BCUT2D eigenvalue weighted by Crippen LogP contribution is 2.41. The Morgan fingerprint density at radius 3 is 2.42 bits per heavy atom. The molecule has 0 aliphatic heterocycles. The van der Waals surface area contributed by atoms with Crippen LogP contribution < -0.4 is 5.32 Å². The second-order valence-electron chi connectivity index (χ2n) is 5.39. The molecule has 0 amide bonds. The molecule has 0 unspecified atom stereocenters. The molecule has 0 heterocycles. The predicted octanol–water partition coefficient (Wildman–Crippen LogP) is 3.90. The molecule has 98 valence electrons. The van der Waals surface area contributed by atoms with Crippen molar-refractivity contribution < 1.29 is 0 Å². The molecular formula is C18H21N. The summed E-state index contributed by atoms with van der Waals surface area (Å²) in [6.07, 6.45) is 3.86. The van der Waals surface area contributed by atoms with Gasteiger partial charge in [0.25, 0.3) is 0 Å². The van der Waals surface area contributed by atoms with Crippen LogP contribution in [0.1, 0.15) is 35.4 Å². The Hall–Kier alpha value is -1.60. The zero-order valence-corrected chi connectivity index (χ0v) is 11.3. The van der Waals surface area contributed by atoms with Crippen LogP contribution in [-0.2, 0) is 13.0 Å².